The van der Waals surface area contributed by atoms with Crippen LogP contribution < -0.4 is 5.32 Å². The van der Waals surface area contributed by atoms with Gasteiger partial charge in [0.25, 0.3) is 0 Å². The summed E-state index contributed by atoms with van der Waals surface area (Å²) in [5.41, 5.74) is 1.44. The molecule has 104 valence electrons. The van der Waals surface area contributed by atoms with Crippen LogP contribution in [-0.4, -0.2) is 5.91 Å². The SMILES string of the molecule is Cc1cc(Br)c(F)cc1NC(=O)CC1CCCCC1. The maximum absolute atomic E-state index is 13.5. The maximum Gasteiger partial charge on any atom is 0.224 e. The van der Waals surface area contributed by atoms with Gasteiger partial charge < -0.3 is 5.32 Å². The highest BCUT2D eigenvalue weighted by molar-refractivity contribution is 9.10. The van der Waals surface area contributed by atoms with Crippen LogP contribution in [0.25, 0.3) is 0 Å². The van der Waals surface area contributed by atoms with Crippen molar-refractivity contribution in [1.82, 2.24) is 0 Å². The topological polar surface area (TPSA) is 29.1 Å². The highest BCUT2D eigenvalue weighted by Gasteiger charge is 2.17. The standard InChI is InChI=1S/C15H19BrFNO/c1-10-7-12(16)13(17)9-14(10)18-15(19)8-11-5-3-2-4-6-11/h7,9,11H,2-6,8H2,1H3,(H,18,19). The molecule has 0 radical (unpaired) electrons. The third kappa shape index (κ3) is 4.03. The van der Waals surface area contributed by atoms with Crippen molar-refractivity contribution in [2.45, 2.75) is 45.4 Å². The molecular formula is C15H19BrFNO. The van der Waals surface area contributed by atoms with E-state index in [1.165, 1.54) is 25.3 Å². The summed E-state index contributed by atoms with van der Waals surface area (Å²) < 4.78 is 13.9. The molecule has 0 aromatic heterocycles. The molecule has 0 saturated heterocycles. The zero-order chi connectivity index (χ0) is 13.8. The van der Waals surface area contributed by atoms with Crippen molar-refractivity contribution in [1.29, 1.82) is 0 Å². The van der Waals surface area contributed by atoms with Crippen LogP contribution in [0.2, 0.25) is 0 Å². The molecule has 0 unspecified atom stereocenters. The Bertz CT molecular complexity index is 469. The van der Waals surface area contributed by atoms with Crippen molar-refractivity contribution >= 4 is 27.5 Å². The van der Waals surface area contributed by atoms with Crippen LogP contribution in [0.1, 0.15) is 44.1 Å². The van der Waals surface area contributed by atoms with Gasteiger partial charge >= 0.3 is 0 Å². The lowest BCUT2D eigenvalue weighted by atomic mass is 9.87. The molecule has 1 aromatic carbocycles. The Balaban J connectivity index is 1.96. The lowest BCUT2D eigenvalue weighted by molar-refractivity contribution is -0.117. The molecule has 1 N–H and O–H groups in total. The highest BCUT2D eigenvalue weighted by Crippen LogP contribution is 2.28. The minimum absolute atomic E-state index is 0.00303. The van der Waals surface area contributed by atoms with E-state index in [-0.39, 0.29) is 11.7 Å². The summed E-state index contributed by atoms with van der Waals surface area (Å²) in [6.45, 7) is 1.86. The lowest BCUT2D eigenvalue weighted by Crippen LogP contribution is -2.18. The average Bonchev–Trinajstić information content (AvgIpc) is 2.37. The van der Waals surface area contributed by atoms with Crippen LogP contribution in [-0.2, 0) is 4.79 Å². The Kier molecular flexibility index (Phi) is 4.97. The van der Waals surface area contributed by atoms with Crippen molar-refractivity contribution in [2.75, 3.05) is 5.32 Å². The minimum Gasteiger partial charge on any atom is -0.326 e. The van der Waals surface area contributed by atoms with Gasteiger partial charge in [-0.2, -0.15) is 0 Å². The summed E-state index contributed by atoms with van der Waals surface area (Å²) in [6.07, 6.45) is 6.57. The Hall–Kier alpha value is -0.900. The predicted octanol–water partition coefficient (Wildman–Crippen LogP) is 4.81. The maximum atomic E-state index is 13.5. The molecule has 1 aromatic rings. The molecule has 0 atom stereocenters. The van der Waals surface area contributed by atoms with Gasteiger partial charge in [-0.1, -0.05) is 19.3 Å². The largest absolute Gasteiger partial charge is 0.326 e. The van der Waals surface area contributed by atoms with Crippen LogP contribution in [0.4, 0.5) is 10.1 Å². The third-order valence-electron chi connectivity index (χ3n) is 3.74. The van der Waals surface area contributed by atoms with Gasteiger partial charge in [-0.3, -0.25) is 4.79 Å². The van der Waals surface area contributed by atoms with Gasteiger partial charge in [0.2, 0.25) is 5.91 Å². The summed E-state index contributed by atoms with van der Waals surface area (Å²) in [6, 6.07) is 3.06. The van der Waals surface area contributed by atoms with E-state index in [2.05, 4.69) is 21.2 Å². The fraction of sp³-hybridized carbons (Fsp3) is 0.533. The van der Waals surface area contributed by atoms with Crippen molar-refractivity contribution in [3.05, 3.63) is 28.0 Å². The third-order valence-corrected chi connectivity index (χ3v) is 4.35. The van der Waals surface area contributed by atoms with Crippen molar-refractivity contribution < 1.29 is 9.18 Å². The van der Waals surface area contributed by atoms with E-state index in [0.717, 1.165) is 18.4 Å². The second-order valence-electron chi connectivity index (χ2n) is 5.34. The highest BCUT2D eigenvalue weighted by atomic mass is 79.9. The molecule has 2 rings (SSSR count). The molecule has 0 spiro atoms. The zero-order valence-electron chi connectivity index (χ0n) is 11.1. The number of benzene rings is 1. The first kappa shape index (κ1) is 14.5. The van der Waals surface area contributed by atoms with E-state index in [1.807, 2.05) is 6.92 Å². The molecular weight excluding hydrogens is 309 g/mol. The van der Waals surface area contributed by atoms with Crippen LogP contribution in [0, 0.1) is 18.7 Å². The fourth-order valence-electron chi connectivity index (χ4n) is 2.64. The van der Waals surface area contributed by atoms with E-state index in [0.29, 0.717) is 22.5 Å². The first-order valence-electron chi connectivity index (χ1n) is 6.82. The molecule has 0 bridgehead atoms. The Labute approximate surface area is 121 Å². The van der Waals surface area contributed by atoms with E-state index < -0.39 is 0 Å². The smallest absolute Gasteiger partial charge is 0.224 e. The number of hydrogen-bond donors (Lipinski definition) is 1. The lowest BCUT2D eigenvalue weighted by Gasteiger charge is -2.21. The number of rotatable bonds is 3. The molecule has 0 heterocycles. The van der Waals surface area contributed by atoms with Crippen molar-refractivity contribution in [3.8, 4) is 0 Å². The van der Waals surface area contributed by atoms with Crippen LogP contribution in [0.3, 0.4) is 0 Å². The van der Waals surface area contributed by atoms with Gasteiger partial charge in [-0.15, -0.1) is 0 Å². The number of halogens is 2. The predicted molar refractivity (Wildman–Crippen MR) is 78.7 cm³/mol. The molecule has 0 aliphatic heterocycles. The van der Waals surface area contributed by atoms with Gasteiger partial charge in [-0.05, 0) is 59.3 Å². The minimum atomic E-state index is -0.349. The van der Waals surface area contributed by atoms with Crippen molar-refractivity contribution in [3.63, 3.8) is 0 Å². The second kappa shape index (κ2) is 6.51. The first-order valence-corrected chi connectivity index (χ1v) is 7.61. The van der Waals surface area contributed by atoms with Crippen molar-refractivity contribution in [2.24, 2.45) is 5.92 Å². The van der Waals surface area contributed by atoms with Crippen LogP contribution in [0.5, 0.6) is 0 Å². The molecule has 1 amide bonds. The van der Waals surface area contributed by atoms with E-state index in [4.69, 9.17) is 0 Å². The fourth-order valence-corrected chi connectivity index (χ4v) is 3.09. The first-order chi connectivity index (χ1) is 9.06. The van der Waals surface area contributed by atoms with E-state index >= 15 is 0 Å². The number of carbonyl (C=O) groups excluding carboxylic acids is 1. The summed E-state index contributed by atoms with van der Waals surface area (Å²) in [5.74, 6) is 0.143. The number of carbonyl (C=O) groups is 1. The number of anilines is 1. The zero-order valence-corrected chi connectivity index (χ0v) is 12.7. The van der Waals surface area contributed by atoms with Crippen LogP contribution in [0.15, 0.2) is 16.6 Å². The summed E-state index contributed by atoms with van der Waals surface area (Å²) >= 11 is 3.14. The summed E-state index contributed by atoms with van der Waals surface area (Å²) in [5, 5.41) is 2.83. The Morgan fingerprint density at radius 3 is 2.74 bits per heavy atom. The Morgan fingerprint density at radius 1 is 1.37 bits per heavy atom. The molecule has 1 aliphatic rings. The quantitative estimate of drug-likeness (QED) is 0.848. The normalized spacial score (nSPS) is 16.4. The average molecular weight is 328 g/mol. The molecule has 19 heavy (non-hydrogen) atoms. The summed E-state index contributed by atoms with van der Waals surface area (Å²) in [7, 11) is 0. The molecule has 1 aliphatic carbocycles. The van der Waals surface area contributed by atoms with Gasteiger partial charge in [0, 0.05) is 12.1 Å². The van der Waals surface area contributed by atoms with E-state index in [1.54, 1.807) is 6.07 Å². The van der Waals surface area contributed by atoms with E-state index in [9.17, 15) is 9.18 Å². The van der Waals surface area contributed by atoms with Gasteiger partial charge in [-0.25, -0.2) is 4.39 Å². The summed E-state index contributed by atoms with van der Waals surface area (Å²) in [4.78, 5) is 12.0. The van der Waals surface area contributed by atoms with Gasteiger partial charge in [0.1, 0.15) is 5.82 Å². The molecule has 2 nitrogen and oxygen atoms in total. The number of aryl methyl sites for hydroxylation is 1. The van der Waals surface area contributed by atoms with Crippen LogP contribution >= 0.6 is 15.9 Å². The van der Waals surface area contributed by atoms with Gasteiger partial charge in [0.15, 0.2) is 0 Å². The molecule has 4 heteroatoms. The Morgan fingerprint density at radius 2 is 2.05 bits per heavy atom. The molecule has 1 saturated carbocycles. The molecule has 1 fully saturated rings. The van der Waals surface area contributed by atoms with Gasteiger partial charge in [0.05, 0.1) is 4.47 Å². The number of hydrogen-bond acceptors (Lipinski definition) is 1. The monoisotopic (exact) mass is 327 g/mol. The second-order valence-corrected chi connectivity index (χ2v) is 6.19. The number of nitrogens with one attached hydrogen (secondary N) is 1. The number of amides is 1.